The number of likely N-dealkylation sites (N-methyl/N-ethyl adjacent to an activating group) is 1. The highest BCUT2D eigenvalue weighted by molar-refractivity contribution is 5.91. The van der Waals surface area contributed by atoms with Crippen LogP contribution in [-0.2, 0) is 14.3 Å². The topological polar surface area (TPSA) is 66.3 Å². The number of carbonyl (C=O) groups excluding carboxylic acids is 2. The summed E-state index contributed by atoms with van der Waals surface area (Å²) in [6, 6.07) is 7.91. The van der Waals surface area contributed by atoms with Crippen LogP contribution in [0.2, 0.25) is 0 Å². The zero-order valence-electron chi connectivity index (χ0n) is 16.2. The largest absolute Gasteiger partial charge is 0.378 e. The summed E-state index contributed by atoms with van der Waals surface area (Å²) in [6.45, 7) is 5.65. The van der Waals surface area contributed by atoms with Gasteiger partial charge in [0.05, 0.1) is 20.3 Å². The van der Waals surface area contributed by atoms with E-state index in [4.69, 9.17) is 4.74 Å². The van der Waals surface area contributed by atoms with E-state index in [1.807, 2.05) is 36.2 Å². The third kappa shape index (κ3) is 5.94. The Balaban J connectivity index is 1.43. The zero-order chi connectivity index (χ0) is 19.1. The number of nitrogens with zero attached hydrogens (tertiary/aromatic N) is 2. The van der Waals surface area contributed by atoms with Gasteiger partial charge in [-0.1, -0.05) is 0 Å². The molecule has 2 aliphatic heterocycles. The monoisotopic (exact) mass is 375 g/mol. The van der Waals surface area contributed by atoms with Crippen molar-refractivity contribution >= 4 is 23.2 Å². The van der Waals surface area contributed by atoms with Gasteiger partial charge in [-0.25, -0.2) is 0 Å². The molecule has 1 atom stereocenters. The van der Waals surface area contributed by atoms with Crippen LogP contribution in [0.5, 0.6) is 0 Å². The van der Waals surface area contributed by atoms with Crippen LogP contribution in [0.1, 0.15) is 19.3 Å². The number of morpholine rings is 1. The number of hydrogen-bond donors (Lipinski definition) is 2. The highest BCUT2D eigenvalue weighted by Crippen LogP contribution is 2.18. The molecule has 27 heavy (non-hydrogen) atoms. The zero-order valence-corrected chi connectivity index (χ0v) is 16.2. The molecule has 7 heteroatoms. The van der Waals surface area contributed by atoms with Crippen molar-refractivity contribution in [1.82, 2.24) is 4.90 Å². The Morgan fingerprint density at radius 2 is 1.67 bits per heavy atom. The quantitative estimate of drug-likeness (QED) is 0.734. The molecule has 2 aliphatic rings. The van der Waals surface area contributed by atoms with Crippen LogP contribution in [0.25, 0.3) is 0 Å². The number of hydrogen-bond acceptors (Lipinski definition) is 4. The lowest BCUT2D eigenvalue weighted by Crippen LogP contribution is -3.11. The van der Waals surface area contributed by atoms with E-state index < -0.39 is 0 Å². The van der Waals surface area contributed by atoms with Gasteiger partial charge in [0.1, 0.15) is 0 Å². The SMILES string of the molecule is C[NH+](CC(=O)Nc1ccc(N2CCOCC2)cc1)CC(=O)N1CCCCC1. The van der Waals surface area contributed by atoms with Crippen molar-refractivity contribution < 1.29 is 19.2 Å². The fourth-order valence-electron chi connectivity index (χ4n) is 3.63. The maximum atomic E-state index is 12.3. The van der Waals surface area contributed by atoms with Crippen LogP contribution in [-0.4, -0.2) is 76.2 Å². The molecule has 2 amide bonds. The molecule has 7 nitrogen and oxygen atoms in total. The van der Waals surface area contributed by atoms with Gasteiger partial charge in [0.25, 0.3) is 11.8 Å². The van der Waals surface area contributed by atoms with Gasteiger partial charge in [0, 0.05) is 37.6 Å². The Labute approximate surface area is 161 Å². The van der Waals surface area contributed by atoms with Crippen LogP contribution in [0.3, 0.4) is 0 Å². The highest BCUT2D eigenvalue weighted by Gasteiger charge is 2.21. The maximum Gasteiger partial charge on any atom is 0.279 e. The number of rotatable bonds is 6. The molecule has 0 bridgehead atoms. The molecule has 0 aromatic heterocycles. The summed E-state index contributed by atoms with van der Waals surface area (Å²) in [5.74, 6) is 0.0768. The number of carbonyl (C=O) groups is 2. The van der Waals surface area contributed by atoms with E-state index in [1.165, 1.54) is 6.42 Å². The Bertz CT molecular complexity index is 623. The van der Waals surface area contributed by atoms with Crippen molar-refractivity contribution in [3.63, 3.8) is 0 Å². The van der Waals surface area contributed by atoms with E-state index in [9.17, 15) is 9.59 Å². The molecule has 1 aromatic carbocycles. The first-order valence-corrected chi connectivity index (χ1v) is 9.93. The normalized spacial score (nSPS) is 18.9. The van der Waals surface area contributed by atoms with Gasteiger partial charge in [-0.05, 0) is 43.5 Å². The van der Waals surface area contributed by atoms with Gasteiger partial charge < -0.3 is 24.8 Å². The van der Waals surface area contributed by atoms with Crippen molar-refractivity contribution in [2.75, 3.05) is 69.7 Å². The van der Waals surface area contributed by atoms with Gasteiger partial charge in [-0.3, -0.25) is 9.59 Å². The van der Waals surface area contributed by atoms with Gasteiger partial charge >= 0.3 is 0 Å². The molecular formula is C20H31N4O3+. The lowest BCUT2D eigenvalue weighted by molar-refractivity contribution is -0.862. The summed E-state index contributed by atoms with van der Waals surface area (Å²) in [7, 11) is 1.89. The lowest BCUT2D eigenvalue weighted by Gasteiger charge is -2.29. The molecule has 148 valence electrons. The molecule has 1 unspecified atom stereocenters. The summed E-state index contributed by atoms with van der Waals surface area (Å²) < 4.78 is 5.37. The number of likely N-dealkylation sites (tertiary alicyclic amines) is 1. The van der Waals surface area contributed by atoms with Crippen LogP contribution >= 0.6 is 0 Å². The number of quaternary nitrogens is 1. The number of benzene rings is 1. The van der Waals surface area contributed by atoms with Gasteiger partial charge in [-0.15, -0.1) is 0 Å². The minimum Gasteiger partial charge on any atom is -0.378 e. The average Bonchev–Trinajstić information content (AvgIpc) is 2.69. The van der Waals surface area contributed by atoms with Crippen molar-refractivity contribution in [2.24, 2.45) is 0 Å². The average molecular weight is 375 g/mol. The summed E-state index contributed by atoms with van der Waals surface area (Å²) in [4.78, 5) is 29.7. The van der Waals surface area contributed by atoms with Gasteiger partial charge in [-0.2, -0.15) is 0 Å². The molecule has 1 aromatic rings. The highest BCUT2D eigenvalue weighted by atomic mass is 16.5. The Hall–Kier alpha value is -2.12. The fourth-order valence-corrected chi connectivity index (χ4v) is 3.63. The molecule has 3 rings (SSSR count). The fraction of sp³-hybridized carbons (Fsp3) is 0.600. The summed E-state index contributed by atoms with van der Waals surface area (Å²) in [5.41, 5.74) is 1.93. The minimum absolute atomic E-state index is 0.0712. The van der Waals surface area contributed by atoms with E-state index in [1.54, 1.807) is 0 Å². The number of nitrogens with one attached hydrogen (secondary N) is 2. The van der Waals surface area contributed by atoms with Gasteiger partial charge in [0.15, 0.2) is 13.1 Å². The van der Waals surface area contributed by atoms with E-state index in [0.29, 0.717) is 6.54 Å². The molecule has 0 spiro atoms. The van der Waals surface area contributed by atoms with Crippen LogP contribution in [0, 0.1) is 0 Å². The predicted octanol–water partition coefficient (Wildman–Crippen LogP) is -0.0111. The lowest BCUT2D eigenvalue weighted by atomic mass is 10.1. The molecule has 2 fully saturated rings. The molecule has 0 radical (unpaired) electrons. The number of anilines is 2. The molecule has 0 aliphatic carbocycles. The Morgan fingerprint density at radius 3 is 2.33 bits per heavy atom. The van der Waals surface area contributed by atoms with E-state index in [0.717, 1.165) is 68.5 Å². The molecule has 2 N–H and O–H groups in total. The summed E-state index contributed by atoms with van der Waals surface area (Å²) in [5, 5.41) is 2.93. The van der Waals surface area contributed by atoms with Crippen molar-refractivity contribution in [3.8, 4) is 0 Å². The van der Waals surface area contributed by atoms with Crippen molar-refractivity contribution in [3.05, 3.63) is 24.3 Å². The van der Waals surface area contributed by atoms with Crippen LogP contribution < -0.4 is 15.1 Å². The predicted molar refractivity (Wildman–Crippen MR) is 105 cm³/mol. The Morgan fingerprint density at radius 1 is 1.00 bits per heavy atom. The van der Waals surface area contributed by atoms with E-state index >= 15 is 0 Å². The molecule has 2 heterocycles. The van der Waals surface area contributed by atoms with Crippen molar-refractivity contribution in [1.29, 1.82) is 0 Å². The van der Waals surface area contributed by atoms with Crippen LogP contribution in [0.15, 0.2) is 24.3 Å². The summed E-state index contributed by atoms with van der Waals surface area (Å²) >= 11 is 0. The minimum atomic E-state index is -0.0712. The number of ether oxygens (including phenoxy) is 1. The van der Waals surface area contributed by atoms with E-state index in [2.05, 4.69) is 10.2 Å². The van der Waals surface area contributed by atoms with Crippen molar-refractivity contribution in [2.45, 2.75) is 19.3 Å². The first-order chi connectivity index (χ1) is 13.1. The number of piperidine rings is 1. The number of amides is 2. The van der Waals surface area contributed by atoms with Gasteiger partial charge in [0.2, 0.25) is 0 Å². The van der Waals surface area contributed by atoms with Crippen LogP contribution in [0.4, 0.5) is 11.4 Å². The second-order valence-electron chi connectivity index (χ2n) is 7.45. The third-order valence-electron chi connectivity index (χ3n) is 5.15. The third-order valence-corrected chi connectivity index (χ3v) is 5.15. The Kier molecular flexibility index (Phi) is 7.06. The second-order valence-corrected chi connectivity index (χ2v) is 7.45. The molecule has 2 saturated heterocycles. The second kappa shape index (κ2) is 9.71. The molecular weight excluding hydrogens is 344 g/mol. The molecule has 0 saturated carbocycles. The van der Waals surface area contributed by atoms with E-state index in [-0.39, 0.29) is 18.4 Å². The smallest absolute Gasteiger partial charge is 0.279 e. The summed E-state index contributed by atoms with van der Waals surface area (Å²) in [6.07, 6.45) is 3.39. The first kappa shape index (κ1) is 19.6. The first-order valence-electron chi connectivity index (χ1n) is 9.93. The standard InChI is InChI=1S/C20H30N4O3/c1-22(16-20(26)24-9-3-2-4-10-24)15-19(25)21-17-5-7-18(8-6-17)23-11-13-27-14-12-23/h5-8H,2-4,9-16H2,1H3,(H,21,25)/p+1. The maximum absolute atomic E-state index is 12.3.